The van der Waals surface area contributed by atoms with Crippen molar-refractivity contribution in [1.82, 2.24) is 5.32 Å². The van der Waals surface area contributed by atoms with Gasteiger partial charge >= 0.3 is 0 Å². The molecular weight excluding hydrogens is 382 g/mol. The molecule has 0 bridgehead atoms. The van der Waals surface area contributed by atoms with E-state index in [9.17, 15) is 10.1 Å². The summed E-state index contributed by atoms with van der Waals surface area (Å²) < 4.78 is 6.65. The van der Waals surface area contributed by atoms with E-state index in [2.05, 4.69) is 26.1 Å². The molecule has 1 aliphatic heterocycles. The van der Waals surface area contributed by atoms with E-state index in [0.717, 1.165) is 41.9 Å². The Kier molecular flexibility index (Phi) is 5.56. The van der Waals surface area contributed by atoms with Crippen LogP contribution >= 0.6 is 15.9 Å². The van der Waals surface area contributed by atoms with Crippen molar-refractivity contribution in [3.63, 3.8) is 0 Å². The molecule has 1 amide bonds. The Morgan fingerprint density at radius 3 is 2.72 bits per heavy atom. The van der Waals surface area contributed by atoms with Gasteiger partial charge in [0.15, 0.2) is 0 Å². The minimum atomic E-state index is -0.415. The first-order valence-electron chi connectivity index (χ1n) is 8.15. The second-order valence-electron chi connectivity index (χ2n) is 5.83. The number of benzene rings is 1. The van der Waals surface area contributed by atoms with Crippen molar-refractivity contribution in [1.29, 1.82) is 5.26 Å². The molecule has 1 aliphatic rings. The molecular formula is C19H18BrN3O2. The first-order chi connectivity index (χ1) is 12.2. The summed E-state index contributed by atoms with van der Waals surface area (Å²) in [6.07, 6.45) is 3.76. The Morgan fingerprint density at radius 2 is 2.04 bits per heavy atom. The van der Waals surface area contributed by atoms with Crippen molar-refractivity contribution in [2.75, 3.05) is 18.0 Å². The summed E-state index contributed by atoms with van der Waals surface area (Å²) in [6, 6.07) is 13.3. The molecule has 0 spiro atoms. The average molecular weight is 400 g/mol. The zero-order valence-electron chi connectivity index (χ0n) is 13.7. The summed E-state index contributed by atoms with van der Waals surface area (Å²) >= 11 is 3.49. The molecule has 6 heteroatoms. The number of nitriles is 1. The van der Waals surface area contributed by atoms with Gasteiger partial charge in [0.1, 0.15) is 17.4 Å². The first-order valence-corrected chi connectivity index (χ1v) is 8.95. The van der Waals surface area contributed by atoms with Gasteiger partial charge in [0.25, 0.3) is 5.91 Å². The highest BCUT2D eigenvalue weighted by Crippen LogP contribution is 2.33. The van der Waals surface area contributed by atoms with Gasteiger partial charge < -0.3 is 14.6 Å². The Morgan fingerprint density at radius 1 is 1.32 bits per heavy atom. The largest absolute Gasteiger partial charge is 0.440 e. The highest BCUT2D eigenvalue weighted by molar-refractivity contribution is 9.10. The summed E-state index contributed by atoms with van der Waals surface area (Å²) in [5.74, 6) is 0.826. The number of hydrogen-bond donors (Lipinski definition) is 1. The molecule has 25 heavy (non-hydrogen) atoms. The first kappa shape index (κ1) is 17.3. The van der Waals surface area contributed by atoms with Gasteiger partial charge in [-0.1, -0.05) is 30.3 Å². The van der Waals surface area contributed by atoms with Crippen LogP contribution in [0, 0.1) is 11.3 Å². The lowest BCUT2D eigenvalue weighted by molar-refractivity contribution is -0.117. The molecule has 1 aromatic heterocycles. The summed E-state index contributed by atoms with van der Waals surface area (Å²) in [5.41, 5.74) is 0.996. The fraction of sp³-hybridized carbons (Fsp3) is 0.263. The lowest BCUT2D eigenvalue weighted by atomic mass is 10.2. The van der Waals surface area contributed by atoms with Crippen LogP contribution in [0.25, 0.3) is 6.08 Å². The molecule has 1 fully saturated rings. The number of halogens is 1. The fourth-order valence-electron chi connectivity index (χ4n) is 2.75. The third-order valence-corrected chi connectivity index (χ3v) is 4.60. The van der Waals surface area contributed by atoms with Crippen molar-refractivity contribution in [3.8, 4) is 6.07 Å². The zero-order chi connectivity index (χ0) is 17.6. The number of nitrogens with zero attached hydrogens (tertiary/aromatic N) is 2. The van der Waals surface area contributed by atoms with Crippen LogP contribution < -0.4 is 10.2 Å². The monoisotopic (exact) mass is 399 g/mol. The van der Waals surface area contributed by atoms with Crippen LogP contribution in [0.3, 0.4) is 0 Å². The molecule has 128 valence electrons. The van der Waals surface area contributed by atoms with Gasteiger partial charge in [-0.25, -0.2) is 0 Å². The number of carbonyl (C=O) groups excluding carboxylic acids is 1. The van der Waals surface area contributed by atoms with Crippen molar-refractivity contribution < 1.29 is 9.21 Å². The predicted molar refractivity (Wildman–Crippen MR) is 99.7 cm³/mol. The van der Waals surface area contributed by atoms with Gasteiger partial charge in [0.05, 0.1) is 4.47 Å². The van der Waals surface area contributed by atoms with E-state index in [4.69, 9.17) is 4.42 Å². The molecule has 0 saturated carbocycles. The number of furan rings is 1. The van der Waals surface area contributed by atoms with Crippen LogP contribution in [0.1, 0.15) is 24.2 Å². The molecule has 1 saturated heterocycles. The number of rotatable bonds is 5. The Balaban J connectivity index is 1.70. The van der Waals surface area contributed by atoms with Crippen molar-refractivity contribution >= 4 is 33.8 Å². The third kappa shape index (κ3) is 4.31. The quantitative estimate of drug-likeness (QED) is 0.611. The number of hydrogen-bond acceptors (Lipinski definition) is 4. The van der Waals surface area contributed by atoms with E-state index in [1.807, 2.05) is 36.4 Å². The molecule has 5 nitrogen and oxygen atoms in total. The molecule has 0 aliphatic carbocycles. The van der Waals surface area contributed by atoms with Gasteiger partial charge in [-0.2, -0.15) is 5.26 Å². The number of amides is 1. The van der Waals surface area contributed by atoms with E-state index < -0.39 is 5.91 Å². The van der Waals surface area contributed by atoms with Crippen LogP contribution in [0.15, 0.2) is 50.9 Å². The van der Waals surface area contributed by atoms with Crippen LogP contribution in [0.2, 0.25) is 0 Å². The summed E-state index contributed by atoms with van der Waals surface area (Å²) in [5, 5.41) is 12.1. The predicted octanol–water partition coefficient (Wildman–Crippen LogP) is 3.87. The SMILES string of the molecule is N#C/C(=C/c1cc(Br)c(N2CCCC2)o1)C(=O)NCc1ccccc1. The Bertz CT molecular complexity index is 815. The molecule has 2 aromatic rings. The van der Waals surface area contributed by atoms with E-state index in [-0.39, 0.29) is 5.57 Å². The number of carbonyl (C=O) groups is 1. The number of nitrogens with one attached hydrogen (secondary N) is 1. The molecule has 2 heterocycles. The van der Waals surface area contributed by atoms with E-state index in [1.54, 1.807) is 6.07 Å². The van der Waals surface area contributed by atoms with Crippen LogP contribution in [0.4, 0.5) is 5.88 Å². The summed E-state index contributed by atoms with van der Waals surface area (Å²) in [7, 11) is 0. The lowest BCUT2D eigenvalue weighted by Gasteiger charge is -2.13. The molecule has 1 aromatic carbocycles. The minimum absolute atomic E-state index is 0.0187. The van der Waals surface area contributed by atoms with Gasteiger partial charge in [-0.3, -0.25) is 4.79 Å². The zero-order valence-corrected chi connectivity index (χ0v) is 15.3. The van der Waals surface area contributed by atoms with E-state index in [0.29, 0.717) is 12.3 Å². The third-order valence-electron chi connectivity index (χ3n) is 4.03. The van der Waals surface area contributed by atoms with Gasteiger partial charge in [-0.05, 0) is 34.3 Å². The molecule has 0 atom stereocenters. The maximum absolute atomic E-state index is 12.2. The second-order valence-corrected chi connectivity index (χ2v) is 6.69. The highest BCUT2D eigenvalue weighted by Gasteiger charge is 2.20. The normalized spacial score (nSPS) is 14.4. The lowest BCUT2D eigenvalue weighted by Crippen LogP contribution is -2.23. The fourth-order valence-corrected chi connectivity index (χ4v) is 3.31. The second kappa shape index (κ2) is 8.04. The van der Waals surface area contributed by atoms with Gasteiger partial charge in [0.2, 0.25) is 5.88 Å². The highest BCUT2D eigenvalue weighted by atomic mass is 79.9. The molecule has 0 unspecified atom stereocenters. The van der Waals surface area contributed by atoms with Gasteiger partial charge in [0, 0.05) is 31.8 Å². The van der Waals surface area contributed by atoms with Crippen LogP contribution in [0.5, 0.6) is 0 Å². The van der Waals surface area contributed by atoms with Crippen molar-refractivity contribution in [2.24, 2.45) is 0 Å². The van der Waals surface area contributed by atoms with E-state index >= 15 is 0 Å². The topological polar surface area (TPSA) is 69.3 Å². The van der Waals surface area contributed by atoms with Crippen molar-refractivity contribution in [2.45, 2.75) is 19.4 Å². The van der Waals surface area contributed by atoms with Crippen LogP contribution in [-0.4, -0.2) is 19.0 Å². The molecule has 3 rings (SSSR count). The average Bonchev–Trinajstić information content (AvgIpc) is 3.28. The smallest absolute Gasteiger partial charge is 0.262 e. The van der Waals surface area contributed by atoms with E-state index in [1.165, 1.54) is 6.08 Å². The maximum Gasteiger partial charge on any atom is 0.262 e. The minimum Gasteiger partial charge on any atom is -0.440 e. The standard InChI is InChI=1S/C19H18BrN3O2/c20-17-11-16(25-19(17)23-8-4-5-9-23)10-15(12-21)18(24)22-13-14-6-2-1-3-7-14/h1-3,6-7,10-11H,4-5,8-9,13H2,(H,22,24)/b15-10-. The van der Waals surface area contributed by atoms with Gasteiger partial charge in [-0.15, -0.1) is 0 Å². The molecule has 1 N–H and O–H groups in total. The molecule has 0 radical (unpaired) electrons. The number of anilines is 1. The maximum atomic E-state index is 12.2. The summed E-state index contributed by atoms with van der Waals surface area (Å²) in [6.45, 7) is 2.29. The van der Waals surface area contributed by atoms with Crippen LogP contribution in [-0.2, 0) is 11.3 Å². The Hall–Kier alpha value is -2.52. The van der Waals surface area contributed by atoms with Crippen molar-refractivity contribution in [3.05, 3.63) is 57.8 Å². The Labute approximate surface area is 155 Å². The summed E-state index contributed by atoms with van der Waals surface area (Å²) in [4.78, 5) is 14.4.